The molecule has 1 aliphatic rings. The van der Waals surface area contributed by atoms with Crippen LogP contribution in [0.5, 0.6) is 17.2 Å². The highest BCUT2D eigenvalue weighted by Gasteiger charge is 2.28. The van der Waals surface area contributed by atoms with E-state index in [0.29, 0.717) is 22.8 Å². The monoisotopic (exact) mass is 355 g/mol. The maximum absolute atomic E-state index is 13.2. The Balaban J connectivity index is 1.95. The van der Waals surface area contributed by atoms with E-state index in [1.165, 1.54) is 11.1 Å². The summed E-state index contributed by atoms with van der Waals surface area (Å²) in [5, 5.41) is 0. The molecule has 0 N–H and O–H groups in total. The zero-order valence-corrected chi connectivity index (χ0v) is 15.7. The van der Waals surface area contributed by atoms with Crippen LogP contribution in [0, 0.1) is 0 Å². The van der Waals surface area contributed by atoms with Gasteiger partial charge in [0.2, 0.25) is 5.75 Å². The van der Waals surface area contributed by atoms with Crippen LogP contribution >= 0.6 is 0 Å². The van der Waals surface area contributed by atoms with Crippen molar-refractivity contribution >= 4 is 5.91 Å². The Morgan fingerprint density at radius 1 is 1.04 bits per heavy atom. The number of amides is 1. The van der Waals surface area contributed by atoms with Crippen LogP contribution in [0.2, 0.25) is 0 Å². The van der Waals surface area contributed by atoms with Crippen molar-refractivity contribution in [3.8, 4) is 17.2 Å². The molecule has 0 heterocycles. The molecular formula is C21H25NO4. The maximum atomic E-state index is 13.2. The molecule has 0 fully saturated rings. The van der Waals surface area contributed by atoms with Gasteiger partial charge in [0.1, 0.15) is 0 Å². The molecular weight excluding hydrogens is 330 g/mol. The van der Waals surface area contributed by atoms with E-state index in [-0.39, 0.29) is 11.9 Å². The second kappa shape index (κ2) is 7.68. The number of rotatable bonds is 5. The van der Waals surface area contributed by atoms with Gasteiger partial charge >= 0.3 is 0 Å². The average molecular weight is 355 g/mol. The lowest BCUT2D eigenvalue weighted by Gasteiger charge is -2.33. The number of nitrogens with zero attached hydrogens (tertiary/aromatic N) is 1. The summed E-state index contributed by atoms with van der Waals surface area (Å²) in [6.45, 7) is 0. The zero-order chi connectivity index (χ0) is 18.7. The minimum Gasteiger partial charge on any atom is -0.493 e. The van der Waals surface area contributed by atoms with Crippen LogP contribution in [0.25, 0.3) is 0 Å². The van der Waals surface area contributed by atoms with Crippen molar-refractivity contribution in [2.75, 3.05) is 28.4 Å². The first-order valence-corrected chi connectivity index (χ1v) is 8.75. The van der Waals surface area contributed by atoms with Gasteiger partial charge < -0.3 is 19.1 Å². The average Bonchev–Trinajstić information content (AvgIpc) is 2.70. The number of methoxy groups -OCH3 is 3. The van der Waals surface area contributed by atoms with Gasteiger partial charge in [-0.15, -0.1) is 0 Å². The molecule has 0 radical (unpaired) electrons. The summed E-state index contributed by atoms with van der Waals surface area (Å²) in [6.07, 6.45) is 3.11. The summed E-state index contributed by atoms with van der Waals surface area (Å²) in [7, 11) is 6.50. The standard InChI is InChI=1S/C21H25NO4/c1-22(17-11-7-9-14-8-5-6-10-16(14)17)21(23)15-12-18(24-2)20(26-4)19(13-15)25-3/h5-6,8,10,12-13,17H,7,9,11H2,1-4H3/t17-/m0/s1. The number of hydrogen-bond acceptors (Lipinski definition) is 4. The number of aryl methyl sites for hydroxylation is 1. The van der Waals surface area contributed by atoms with Gasteiger partial charge in [-0.2, -0.15) is 0 Å². The molecule has 5 nitrogen and oxygen atoms in total. The van der Waals surface area contributed by atoms with E-state index in [9.17, 15) is 4.79 Å². The van der Waals surface area contributed by atoms with E-state index >= 15 is 0 Å². The first-order valence-electron chi connectivity index (χ1n) is 8.75. The maximum Gasteiger partial charge on any atom is 0.254 e. The summed E-state index contributed by atoms with van der Waals surface area (Å²) in [6, 6.07) is 11.9. The second-order valence-corrected chi connectivity index (χ2v) is 6.44. The van der Waals surface area contributed by atoms with Crippen molar-refractivity contribution in [2.45, 2.75) is 25.3 Å². The summed E-state index contributed by atoms with van der Waals surface area (Å²) in [4.78, 5) is 15.0. The quantitative estimate of drug-likeness (QED) is 0.817. The fraction of sp³-hybridized carbons (Fsp3) is 0.381. The van der Waals surface area contributed by atoms with E-state index in [0.717, 1.165) is 19.3 Å². The SMILES string of the molecule is COc1cc(C(=O)N(C)[C@H]2CCCc3ccccc32)cc(OC)c1OC. The van der Waals surface area contributed by atoms with Crippen LogP contribution in [0.15, 0.2) is 36.4 Å². The molecule has 0 unspecified atom stereocenters. The Labute approximate surface area is 154 Å². The van der Waals surface area contributed by atoms with Gasteiger partial charge in [0.25, 0.3) is 5.91 Å². The summed E-state index contributed by atoms with van der Waals surface area (Å²) in [5.74, 6) is 1.38. The van der Waals surface area contributed by atoms with Gasteiger partial charge in [-0.05, 0) is 42.5 Å². The van der Waals surface area contributed by atoms with E-state index < -0.39 is 0 Å². The van der Waals surface area contributed by atoms with Gasteiger partial charge in [0.15, 0.2) is 11.5 Å². The lowest BCUT2D eigenvalue weighted by molar-refractivity contribution is 0.0714. The normalized spacial score (nSPS) is 15.8. The molecule has 0 aliphatic heterocycles. The van der Waals surface area contributed by atoms with Crippen molar-refractivity contribution in [1.82, 2.24) is 4.90 Å². The zero-order valence-electron chi connectivity index (χ0n) is 15.7. The third-order valence-corrected chi connectivity index (χ3v) is 5.04. The van der Waals surface area contributed by atoms with Crippen molar-refractivity contribution < 1.29 is 19.0 Å². The van der Waals surface area contributed by atoms with Crippen LogP contribution in [0.4, 0.5) is 0 Å². The predicted octanol–water partition coefficient (Wildman–Crippen LogP) is 3.86. The van der Waals surface area contributed by atoms with Gasteiger partial charge in [-0.3, -0.25) is 4.79 Å². The van der Waals surface area contributed by atoms with Crippen LogP contribution < -0.4 is 14.2 Å². The number of hydrogen-bond donors (Lipinski definition) is 0. The molecule has 2 aromatic carbocycles. The number of ether oxygens (including phenoxy) is 3. The van der Waals surface area contributed by atoms with E-state index in [2.05, 4.69) is 18.2 Å². The topological polar surface area (TPSA) is 48.0 Å². The summed E-state index contributed by atoms with van der Waals surface area (Å²) < 4.78 is 16.1. The van der Waals surface area contributed by atoms with E-state index in [1.807, 2.05) is 18.0 Å². The fourth-order valence-corrected chi connectivity index (χ4v) is 3.68. The van der Waals surface area contributed by atoms with Crippen LogP contribution in [-0.4, -0.2) is 39.2 Å². The van der Waals surface area contributed by atoms with Crippen LogP contribution in [-0.2, 0) is 6.42 Å². The molecule has 1 atom stereocenters. The number of carbonyl (C=O) groups is 1. The molecule has 0 aromatic heterocycles. The highest BCUT2D eigenvalue weighted by molar-refractivity contribution is 5.95. The highest BCUT2D eigenvalue weighted by Crippen LogP contribution is 2.39. The Bertz CT molecular complexity index is 777. The Morgan fingerprint density at radius 2 is 1.69 bits per heavy atom. The first kappa shape index (κ1) is 18.1. The van der Waals surface area contributed by atoms with E-state index in [4.69, 9.17) is 14.2 Å². The minimum atomic E-state index is -0.0639. The lowest BCUT2D eigenvalue weighted by Crippen LogP contribution is -2.33. The third kappa shape index (κ3) is 3.21. The van der Waals surface area contributed by atoms with Gasteiger partial charge in [-0.1, -0.05) is 24.3 Å². The van der Waals surface area contributed by atoms with Crippen molar-refractivity contribution in [2.24, 2.45) is 0 Å². The molecule has 0 saturated carbocycles. The molecule has 2 aromatic rings. The highest BCUT2D eigenvalue weighted by atomic mass is 16.5. The first-order chi connectivity index (χ1) is 12.6. The van der Waals surface area contributed by atoms with E-state index in [1.54, 1.807) is 33.5 Å². The molecule has 0 bridgehead atoms. The largest absolute Gasteiger partial charge is 0.493 e. The Morgan fingerprint density at radius 3 is 2.31 bits per heavy atom. The molecule has 26 heavy (non-hydrogen) atoms. The Kier molecular flexibility index (Phi) is 5.35. The molecule has 3 rings (SSSR count). The van der Waals surface area contributed by atoms with Crippen LogP contribution in [0.3, 0.4) is 0 Å². The lowest BCUT2D eigenvalue weighted by atomic mass is 9.87. The number of benzene rings is 2. The van der Waals surface area contributed by atoms with Crippen molar-refractivity contribution in [3.05, 3.63) is 53.1 Å². The molecule has 0 spiro atoms. The Hall–Kier alpha value is -2.69. The second-order valence-electron chi connectivity index (χ2n) is 6.44. The third-order valence-electron chi connectivity index (χ3n) is 5.04. The smallest absolute Gasteiger partial charge is 0.254 e. The fourth-order valence-electron chi connectivity index (χ4n) is 3.68. The van der Waals surface area contributed by atoms with Gasteiger partial charge in [0, 0.05) is 12.6 Å². The summed E-state index contributed by atoms with van der Waals surface area (Å²) >= 11 is 0. The molecule has 138 valence electrons. The number of fused-ring (bicyclic) bond motifs is 1. The molecule has 0 saturated heterocycles. The minimum absolute atomic E-state index is 0.0639. The van der Waals surface area contributed by atoms with Crippen molar-refractivity contribution in [3.63, 3.8) is 0 Å². The molecule has 1 aliphatic carbocycles. The summed E-state index contributed by atoms with van der Waals surface area (Å²) in [5.41, 5.74) is 3.08. The predicted molar refractivity (Wildman–Crippen MR) is 100 cm³/mol. The molecule has 1 amide bonds. The van der Waals surface area contributed by atoms with Gasteiger partial charge in [0.05, 0.1) is 27.4 Å². The van der Waals surface area contributed by atoms with Crippen LogP contribution in [0.1, 0.15) is 40.4 Å². The van der Waals surface area contributed by atoms with Crippen molar-refractivity contribution in [1.29, 1.82) is 0 Å². The molecule has 5 heteroatoms. The van der Waals surface area contributed by atoms with Gasteiger partial charge in [-0.25, -0.2) is 0 Å². The number of carbonyl (C=O) groups excluding carboxylic acids is 1.